The van der Waals surface area contributed by atoms with Crippen molar-refractivity contribution in [1.29, 1.82) is 0 Å². The van der Waals surface area contributed by atoms with Crippen molar-refractivity contribution in [2.45, 2.75) is 18.2 Å². The van der Waals surface area contributed by atoms with Crippen molar-refractivity contribution in [3.05, 3.63) is 56.5 Å². The molecule has 0 saturated heterocycles. The minimum atomic E-state index is -3.86. The first kappa shape index (κ1) is 16.6. The molecule has 0 saturated carbocycles. The van der Waals surface area contributed by atoms with Gasteiger partial charge in [-0.1, -0.05) is 64.3 Å². The van der Waals surface area contributed by atoms with Crippen LogP contribution in [0.2, 0.25) is 10.0 Å². The summed E-state index contributed by atoms with van der Waals surface area (Å²) < 4.78 is 28.2. The van der Waals surface area contributed by atoms with Gasteiger partial charge in [0.1, 0.15) is 4.90 Å². The number of nitrogens with one attached hydrogen (secondary N) is 1. The molecule has 0 bridgehead atoms. The smallest absolute Gasteiger partial charge is 0.264 e. The standard InChI is InChI=1S/C14H12BrCl2NO2S/c1-2-9-5-3-4-6-13(9)18-21(19,20)14-11(16)7-10(15)8-12(14)17/h3-8,18H,2H2,1H3. The lowest BCUT2D eigenvalue weighted by Crippen LogP contribution is -2.15. The molecule has 0 spiro atoms. The quantitative estimate of drug-likeness (QED) is 0.762. The first-order chi connectivity index (χ1) is 9.85. The summed E-state index contributed by atoms with van der Waals surface area (Å²) in [5.74, 6) is 0. The Balaban J connectivity index is 2.49. The van der Waals surface area contributed by atoms with Gasteiger partial charge < -0.3 is 0 Å². The molecule has 2 aromatic rings. The Labute approximate surface area is 142 Å². The van der Waals surface area contributed by atoms with E-state index in [1.807, 2.05) is 19.1 Å². The molecule has 0 fully saturated rings. The average Bonchev–Trinajstić information content (AvgIpc) is 2.37. The minimum Gasteiger partial charge on any atom is -0.279 e. The summed E-state index contributed by atoms with van der Waals surface area (Å²) in [5.41, 5.74) is 1.42. The van der Waals surface area contributed by atoms with Crippen LogP contribution in [0.15, 0.2) is 45.8 Å². The third kappa shape index (κ3) is 3.72. The van der Waals surface area contributed by atoms with Gasteiger partial charge in [-0.05, 0) is 30.2 Å². The third-order valence-electron chi connectivity index (χ3n) is 2.87. The molecular formula is C14H12BrCl2NO2S. The minimum absolute atomic E-state index is 0.0656. The second-order valence-electron chi connectivity index (χ2n) is 4.31. The molecule has 0 aromatic heterocycles. The fourth-order valence-corrected chi connectivity index (χ4v) is 4.95. The van der Waals surface area contributed by atoms with Crippen molar-refractivity contribution in [3.63, 3.8) is 0 Å². The molecule has 3 nitrogen and oxygen atoms in total. The summed E-state index contributed by atoms with van der Waals surface area (Å²) in [6.07, 6.45) is 0.709. The Morgan fingerprint density at radius 3 is 2.29 bits per heavy atom. The molecule has 0 heterocycles. The van der Waals surface area contributed by atoms with E-state index in [2.05, 4.69) is 20.7 Å². The normalized spacial score (nSPS) is 11.4. The van der Waals surface area contributed by atoms with Crippen LogP contribution in [0.5, 0.6) is 0 Å². The Morgan fingerprint density at radius 1 is 1.14 bits per heavy atom. The third-order valence-corrected chi connectivity index (χ3v) is 5.62. The summed E-state index contributed by atoms with van der Waals surface area (Å²) in [6.45, 7) is 1.95. The highest BCUT2D eigenvalue weighted by atomic mass is 79.9. The molecule has 21 heavy (non-hydrogen) atoms. The van der Waals surface area contributed by atoms with E-state index >= 15 is 0 Å². The van der Waals surface area contributed by atoms with Gasteiger partial charge in [0.25, 0.3) is 10.0 Å². The fourth-order valence-electron chi connectivity index (χ4n) is 1.91. The van der Waals surface area contributed by atoms with Crippen molar-refractivity contribution in [2.24, 2.45) is 0 Å². The molecule has 1 N–H and O–H groups in total. The van der Waals surface area contributed by atoms with Gasteiger partial charge in [0, 0.05) is 4.47 Å². The number of anilines is 1. The van der Waals surface area contributed by atoms with Gasteiger partial charge in [-0.3, -0.25) is 4.72 Å². The first-order valence-electron chi connectivity index (χ1n) is 6.10. The monoisotopic (exact) mass is 407 g/mol. The van der Waals surface area contributed by atoms with Crippen LogP contribution in [0.1, 0.15) is 12.5 Å². The predicted octanol–water partition coefficient (Wildman–Crippen LogP) is 5.12. The molecule has 7 heteroatoms. The summed E-state index contributed by atoms with van der Waals surface area (Å²) in [4.78, 5) is -0.125. The summed E-state index contributed by atoms with van der Waals surface area (Å²) >= 11 is 15.3. The van der Waals surface area contributed by atoms with Crippen LogP contribution < -0.4 is 4.72 Å². The van der Waals surface area contributed by atoms with Crippen LogP contribution in [-0.2, 0) is 16.4 Å². The molecule has 0 radical (unpaired) electrons. The second-order valence-corrected chi connectivity index (χ2v) is 7.66. The van der Waals surface area contributed by atoms with Crippen molar-refractivity contribution in [2.75, 3.05) is 4.72 Å². The van der Waals surface area contributed by atoms with E-state index < -0.39 is 10.0 Å². The Hall–Kier alpha value is -0.750. The fraction of sp³-hybridized carbons (Fsp3) is 0.143. The van der Waals surface area contributed by atoms with Gasteiger partial charge in [-0.2, -0.15) is 0 Å². The van der Waals surface area contributed by atoms with Crippen molar-refractivity contribution in [1.82, 2.24) is 0 Å². The molecule has 112 valence electrons. The largest absolute Gasteiger partial charge is 0.279 e. The number of hydrogen-bond acceptors (Lipinski definition) is 2. The van der Waals surface area contributed by atoms with Crippen LogP contribution >= 0.6 is 39.1 Å². The molecule has 0 unspecified atom stereocenters. The van der Waals surface area contributed by atoms with Crippen LogP contribution in [0.25, 0.3) is 0 Å². The average molecular weight is 409 g/mol. The zero-order valence-corrected chi connectivity index (χ0v) is 14.9. The summed E-state index contributed by atoms with van der Waals surface area (Å²) in [6, 6.07) is 10.2. The van der Waals surface area contributed by atoms with E-state index in [1.165, 1.54) is 12.1 Å². The van der Waals surface area contributed by atoms with Crippen molar-refractivity contribution >= 4 is 54.8 Å². The maximum Gasteiger partial charge on any atom is 0.264 e. The zero-order chi connectivity index (χ0) is 15.6. The molecule has 0 aliphatic rings. The number of benzene rings is 2. The zero-order valence-electron chi connectivity index (χ0n) is 11.0. The molecule has 2 aromatic carbocycles. The molecule has 0 aliphatic carbocycles. The predicted molar refractivity (Wildman–Crippen MR) is 90.8 cm³/mol. The highest BCUT2D eigenvalue weighted by molar-refractivity contribution is 9.10. The summed E-state index contributed by atoms with van der Waals surface area (Å²) in [7, 11) is -3.86. The molecule has 0 amide bonds. The lowest BCUT2D eigenvalue weighted by molar-refractivity contribution is 0.601. The molecular weight excluding hydrogens is 397 g/mol. The number of halogens is 3. The van der Waals surface area contributed by atoms with Crippen LogP contribution in [0.4, 0.5) is 5.69 Å². The van der Waals surface area contributed by atoms with E-state index in [0.29, 0.717) is 16.6 Å². The van der Waals surface area contributed by atoms with Crippen molar-refractivity contribution in [3.8, 4) is 0 Å². The highest BCUT2D eigenvalue weighted by Gasteiger charge is 2.23. The first-order valence-corrected chi connectivity index (χ1v) is 9.13. The number of para-hydroxylation sites is 1. The molecule has 0 aliphatic heterocycles. The van der Waals surface area contributed by atoms with Crippen LogP contribution in [0.3, 0.4) is 0 Å². The van der Waals surface area contributed by atoms with E-state index in [4.69, 9.17) is 23.2 Å². The van der Waals surface area contributed by atoms with Gasteiger partial charge in [0.05, 0.1) is 15.7 Å². The van der Waals surface area contributed by atoms with Gasteiger partial charge in [0.2, 0.25) is 0 Å². The lowest BCUT2D eigenvalue weighted by Gasteiger charge is -2.14. The van der Waals surface area contributed by atoms with E-state index in [9.17, 15) is 8.42 Å². The number of rotatable bonds is 4. The van der Waals surface area contributed by atoms with Gasteiger partial charge in [-0.15, -0.1) is 0 Å². The molecule has 2 rings (SSSR count). The van der Waals surface area contributed by atoms with E-state index in [1.54, 1.807) is 12.1 Å². The number of hydrogen-bond donors (Lipinski definition) is 1. The summed E-state index contributed by atoms with van der Waals surface area (Å²) in [5, 5.41) is 0.131. The maximum atomic E-state index is 12.5. The van der Waals surface area contributed by atoms with Crippen LogP contribution in [0, 0.1) is 0 Å². The van der Waals surface area contributed by atoms with E-state index in [-0.39, 0.29) is 14.9 Å². The van der Waals surface area contributed by atoms with Gasteiger partial charge in [0.15, 0.2) is 0 Å². The van der Waals surface area contributed by atoms with Crippen LogP contribution in [-0.4, -0.2) is 8.42 Å². The number of aryl methyl sites for hydroxylation is 1. The van der Waals surface area contributed by atoms with Gasteiger partial charge in [-0.25, -0.2) is 8.42 Å². The lowest BCUT2D eigenvalue weighted by atomic mass is 10.1. The van der Waals surface area contributed by atoms with E-state index in [0.717, 1.165) is 5.56 Å². The van der Waals surface area contributed by atoms with Gasteiger partial charge >= 0.3 is 0 Å². The Kier molecular flexibility index (Phi) is 5.20. The molecule has 0 atom stereocenters. The Bertz CT molecular complexity index is 755. The Morgan fingerprint density at radius 2 is 1.71 bits per heavy atom. The second kappa shape index (κ2) is 6.57. The maximum absolute atomic E-state index is 12.5. The van der Waals surface area contributed by atoms with Crippen molar-refractivity contribution < 1.29 is 8.42 Å². The topological polar surface area (TPSA) is 46.2 Å². The number of sulfonamides is 1. The SMILES string of the molecule is CCc1ccccc1NS(=O)(=O)c1c(Cl)cc(Br)cc1Cl. The highest BCUT2D eigenvalue weighted by Crippen LogP contribution is 2.34.